The molecule has 0 aliphatic heterocycles. The van der Waals surface area contributed by atoms with Crippen LogP contribution in [-0.2, 0) is 23.5 Å². The number of hydrogen-bond donors (Lipinski definition) is 0. The van der Waals surface area contributed by atoms with Gasteiger partial charge in [0.15, 0.2) is 0 Å². The number of imidazole rings is 1. The molecule has 6 nitrogen and oxygen atoms in total. The zero-order chi connectivity index (χ0) is 22.0. The van der Waals surface area contributed by atoms with Crippen molar-refractivity contribution in [2.45, 2.75) is 39.5 Å². The Balaban J connectivity index is 1.64. The highest BCUT2D eigenvalue weighted by molar-refractivity contribution is 5.45. The zero-order valence-electron chi connectivity index (χ0n) is 18.3. The Labute approximate surface area is 181 Å². The average molecular weight is 418 g/mol. The molecule has 4 aromatic rings. The summed E-state index contributed by atoms with van der Waals surface area (Å²) in [6.45, 7) is 6.84. The van der Waals surface area contributed by atoms with Crippen molar-refractivity contribution in [1.29, 1.82) is 0 Å². The predicted octanol–water partition coefficient (Wildman–Crippen LogP) is 4.31. The van der Waals surface area contributed by atoms with E-state index in [1.165, 1.54) is 0 Å². The van der Waals surface area contributed by atoms with Crippen LogP contribution in [0.25, 0.3) is 5.52 Å². The van der Waals surface area contributed by atoms with E-state index in [1.807, 2.05) is 86.0 Å². The van der Waals surface area contributed by atoms with E-state index in [2.05, 4.69) is 4.98 Å². The summed E-state index contributed by atoms with van der Waals surface area (Å²) < 4.78 is 15.0. The zero-order valence-corrected chi connectivity index (χ0v) is 18.3. The third kappa shape index (κ3) is 4.25. The topological polar surface area (TPSA) is 57.8 Å². The van der Waals surface area contributed by atoms with E-state index >= 15 is 0 Å². The van der Waals surface area contributed by atoms with Gasteiger partial charge in [0, 0.05) is 11.9 Å². The van der Waals surface area contributed by atoms with Gasteiger partial charge in [-0.1, -0.05) is 42.5 Å². The maximum atomic E-state index is 13.2. The number of fused-ring (bicyclic) bond motifs is 1. The van der Waals surface area contributed by atoms with Gasteiger partial charge in [-0.25, -0.2) is 4.98 Å². The molecule has 2 aromatic carbocycles. The summed E-state index contributed by atoms with van der Waals surface area (Å²) in [5.41, 5.74) is 2.77. The molecular weight excluding hydrogens is 390 g/mol. The van der Waals surface area contributed by atoms with Crippen LogP contribution in [0.3, 0.4) is 0 Å². The number of aryl methyl sites for hydroxylation is 1. The number of nitrogens with zero attached hydrogens (tertiary/aromatic N) is 3. The van der Waals surface area contributed by atoms with E-state index in [1.54, 1.807) is 17.9 Å². The first kappa shape index (κ1) is 20.9. The molecule has 0 aliphatic carbocycles. The van der Waals surface area contributed by atoms with Crippen molar-refractivity contribution in [1.82, 2.24) is 14.0 Å². The van der Waals surface area contributed by atoms with Crippen LogP contribution in [0.4, 0.5) is 0 Å². The summed E-state index contributed by atoms with van der Waals surface area (Å²) in [7, 11) is 1.64. The number of benzene rings is 2. The van der Waals surface area contributed by atoms with Crippen molar-refractivity contribution < 1.29 is 9.47 Å². The lowest BCUT2D eigenvalue weighted by molar-refractivity contribution is -0.0403. The van der Waals surface area contributed by atoms with Crippen LogP contribution in [0.2, 0.25) is 0 Å². The van der Waals surface area contributed by atoms with Crippen LogP contribution in [0, 0.1) is 6.92 Å². The lowest BCUT2D eigenvalue weighted by atomic mass is 10.1. The molecule has 6 heteroatoms. The van der Waals surface area contributed by atoms with Crippen molar-refractivity contribution >= 4 is 5.52 Å². The van der Waals surface area contributed by atoms with Gasteiger partial charge < -0.3 is 14.0 Å². The second-order valence-electron chi connectivity index (χ2n) is 8.13. The minimum Gasteiger partial charge on any atom is -0.497 e. The van der Waals surface area contributed by atoms with Crippen LogP contribution in [-0.4, -0.2) is 21.1 Å². The maximum Gasteiger partial charge on any atom is 0.276 e. The van der Waals surface area contributed by atoms with Crippen LogP contribution >= 0.6 is 0 Å². The van der Waals surface area contributed by atoms with Gasteiger partial charge >= 0.3 is 0 Å². The summed E-state index contributed by atoms with van der Waals surface area (Å²) in [5.74, 6) is 1.50. The van der Waals surface area contributed by atoms with Crippen LogP contribution in [0.15, 0.2) is 71.8 Å². The average Bonchev–Trinajstić information content (AvgIpc) is 3.21. The molecule has 0 radical (unpaired) electrons. The van der Waals surface area contributed by atoms with Crippen molar-refractivity contribution in [3.8, 4) is 5.75 Å². The highest BCUT2D eigenvalue weighted by Gasteiger charge is 2.27. The van der Waals surface area contributed by atoms with Gasteiger partial charge in [-0.3, -0.25) is 9.20 Å². The Bertz CT molecular complexity index is 1240. The Morgan fingerprint density at radius 2 is 1.71 bits per heavy atom. The largest absolute Gasteiger partial charge is 0.497 e. The van der Waals surface area contributed by atoms with Crippen molar-refractivity contribution in [2.75, 3.05) is 7.11 Å². The van der Waals surface area contributed by atoms with Gasteiger partial charge in [-0.05, 0) is 44.0 Å². The van der Waals surface area contributed by atoms with Crippen LogP contribution < -0.4 is 10.3 Å². The Morgan fingerprint density at radius 3 is 2.39 bits per heavy atom. The summed E-state index contributed by atoms with van der Waals surface area (Å²) in [6, 6.07) is 17.8. The molecule has 0 saturated heterocycles. The molecule has 160 valence electrons. The number of ether oxygens (including phenoxy) is 2. The fourth-order valence-electron chi connectivity index (χ4n) is 3.66. The predicted molar refractivity (Wildman–Crippen MR) is 121 cm³/mol. The Kier molecular flexibility index (Phi) is 5.65. The highest BCUT2D eigenvalue weighted by atomic mass is 16.5. The molecule has 2 heterocycles. The first-order valence-corrected chi connectivity index (χ1v) is 10.3. The van der Waals surface area contributed by atoms with Crippen LogP contribution in [0.1, 0.15) is 36.5 Å². The lowest BCUT2D eigenvalue weighted by Gasteiger charge is -2.24. The number of methoxy groups -OCH3 is 1. The van der Waals surface area contributed by atoms with E-state index in [9.17, 15) is 4.79 Å². The standard InChI is InChI=1S/C25H27N3O3/c1-18-15-28-22(23(29)27(18)16-19-10-12-21(30-4)13-11-19)14-26-24(28)25(2,3)31-17-20-8-6-5-7-9-20/h5-15H,16-17H2,1-4H3. The van der Waals surface area contributed by atoms with Gasteiger partial charge in [0.25, 0.3) is 5.56 Å². The molecule has 0 amide bonds. The molecule has 0 spiro atoms. The van der Waals surface area contributed by atoms with Crippen molar-refractivity contribution in [3.05, 3.63) is 100.0 Å². The van der Waals surface area contributed by atoms with Crippen molar-refractivity contribution in [2.24, 2.45) is 0 Å². The fourth-order valence-corrected chi connectivity index (χ4v) is 3.66. The molecule has 0 atom stereocenters. The Morgan fingerprint density at radius 1 is 1.00 bits per heavy atom. The van der Waals surface area contributed by atoms with Gasteiger partial charge in [0.05, 0.1) is 26.5 Å². The first-order valence-electron chi connectivity index (χ1n) is 10.3. The molecule has 31 heavy (non-hydrogen) atoms. The first-order chi connectivity index (χ1) is 14.9. The quantitative estimate of drug-likeness (QED) is 0.450. The summed E-state index contributed by atoms with van der Waals surface area (Å²) in [5, 5.41) is 0. The van der Waals surface area contributed by atoms with Gasteiger partial charge in [-0.15, -0.1) is 0 Å². The molecule has 2 aromatic heterocycles. The van der Waals surface area contributed by atoms with E-state index < -0.39 is 5.60 Å². The van der Waals surface area contributed by atoms with Gasteiger partial charge in [-0.2, -0.15) is 0 Å². The molecule has 0 N–H and O–H groups in total. The normalized spacial score (nSPS) is 11.7. The molecular formula is C25H27N3O3. The minimum atomic E-state index is -0.663. The SMILES string of the molecule is COc1ccc(Cn2c(C)cn3c(C(C)(C)OCc4ccccc4)ncc3c2=O)cc1. The summed E-state index contributed by atoms with van der Waals surface area (Å²) >= 11 is 0. The summed E-state index contributed by atoms with van der Waals surface area (Å²) in [6.07, 6.45) is 3.59. The minimum absolute atomic E-state index is 0.0755. The number of aromatic nitrogens is 3. The third-order valence-electron chi connectivity index (χ3n) is 5.48. The molecule has 0 fully saturated rings. The highest BCUT2D eigenvalue weighted by Crippen LogP contribution is 2.25. The van der Waals surface area contributed by atoms with Gasteiger partial charge in [0.1, 0.15) is 22.7 Å². The maximum absolute atomic E-state index is 13.2. The molecule has 0 bridgehead atoms. The van der Waals surface area contributed by atoms with Crippen LogP contribution in [0.5, 0.6) is 5.75 Å². The fraction of sp³-hybridized carbons (Fsp3) is 0.280. The van der Waals surface area contributed by atoms with E-state index in [4.69, 9.17) is 9.47 Å². The number of rotatable bonds is 7. The lowest BCUT2D eigenvalue weighted by Crippen LogP contribution is -2.28. The van der Waals surface area contributed by atoms with E-state index in [0.29, 0.717) is 24.5 Å². The Hall–Kier alpha value is -3.38. The van der Waals surface area contributed by atoms with Gasteiger partial charge in [0.2, 0.25) is 0 Å². The number of hydrogen-bond acceptors (Lipinski definition) is 4. The van der Waals surface area contributed by atoms with E-state index in [-0.39, 0.29) is 5.56 Å². The van der Waals surface area contributed by atoms with Crippen molar-refractivity contribution in [3.63, 3.8) is 0 Å². The molecule has 4 rings (SSSR count). The monoisotopic (exact) mass is 417 g/mol. The second-order valence-corrected chi connectivity index (χ2v) is 8.13. The summed E-state index contributed by atoms with van der Waals surface area (Å²) in [4.78, 5) is 17.8. The second kappa shape index (κ2) is 8.40. The molecule has 0 unspecified atom stereocenters. The molecule has 0 saturated carbocycles. The smallest absolute Gasteiger partial charge is 0.276 e. The third-order valence-corrected chi connectivity index (χ3v) is 5.48. The van der Waals surface area contributed by atoms with E-state index in [0.717, 1.165) is 22.6 Å². The molecule has 0 aliphatic rings.